The van der Waals surface area contributed by atoms with Crippen LogP contribution in [0.15, 0.2) is 5.38 Å². The Labute approximate surface area is 117 Å². The number of rotatable bonds is 2. The van der Waals surface area contributed by atoms with Gasteiger partial charge >= 0.3 is 5.97 Å². The van der Waals surface area contributed by atoms with Crippen LogP contribution in [0.5, 0.6) is 0 Å². The molecule has 2 aliphatic heterocycles. The molecular formula is C13H19N3O2S. The highest BCUT2D eigenvalue weighted by Gasteiger charge is 2.29. The van der Waals surface area contributed by atoms with Crippen molar-refractivity contribution < 1.29 is 9.53 Å². The lowest BCUT2D eigenvalue weighted by molar-refractivity contribution is 0.0595. The average molecular weight is 281 g/mol. The van der Waals surface area contributed by atoms with E-state index in [1.165, 1.54) is 50.8 Å². The Balaban J connectivity index is 1.74. The van der Waals surface area contributed by atoms with Crippen molar-refractivity contribution in [1.82, 2.24) is 9.88 Å². The molecule has 0 bridgehead atoms. The molecule has 1 atom stereocenters. The Hall–Kier alpha value is -1.14. The molecule has 0 N–H and O–H groups in total. The molecule has 3 rings (SSSR count). The molecule has 2 fully saturated rings. The van der Waals surface area contributed by atoms with E-state index >= 15 is 0 Å². The molecule has 5 nitrogen and oxygen atoms in total. The monoisotopic (exact) mass is 281 g/mol. The summed E-state index contributed by atoms with van der Waals surface area (Å²) in [7, 11) is 1.39. The molecule has 0 saturated carbocycles. The lowest BCUT2D eigenvalue weighted by Crippen LogP contribution is -2.36. The standard InChI is InChI=1S/C13H19N3O2S/c1-18-12(17)11-9-19-13(14-11)16-7-3-6-15-5-2-4-10(15)8-16/h9-10H,2-8H2,1H3. The van der Waals surface area contributed by atoms with Gasteiger partial charge in [-0.25, -0.2) is 9.78 Å². The summed E-state index contributed by atoms with van der Waals surface area (Å²) >= 11 is 1.54. The van der Waals surface area contributed by atoms with Crippen molar-refractivity contribution in [3.8, 4) is 0 Å². The van der Waals surface area contributed by atoms with Gasteiger partial charge in [0.1, 0.15) is 0 Å². The zero-order valence-corrected chi connectivity index (χ0v) is 12.0. The molecule has 0 aromatic carbocycles. The molecule has 2 saturated heterocycles. The lowest BCUT2D eigenvalue weighted by Gasteiger charge is -2.25. The van der Waals surface area contributed by atoms with E-state index in [-0.39, 0.29) is 5.97 Å². The number of hydrogen-bond acceptors (Lipinski definition) is 6. The number of aromatic nitrogens is 1. The maximum atomic E-state index is 11.5. The van der Waals surface area contributed by atoms with E-state index in [0.29, 0.717) is 11.7 Å². The van der Waals surface area contributed by atoms with Crippen LogP contribution in [-0.4, -0.2) is 55.2 Å². The van der Waals surface area contributed by atoms with Crippen LogP contribution in [0.2, 0.25) is 0 Å². The van der Waals surface area contributed by atoms with Gasteiger partial charge in [0.15, 0.2) is 10.8 Å². The molecule has 0 spiro atoms. The van der Waals surface area contributed by atoms with Crippen LogP contribution in [0.3, 0.4) is 0 Å². The van der Waals surface area contributed by atoms with Gasteiger partial charge in [-0.15, -0.1) is 11.3 Å². The highest BCUT2D eigenvalue weighted by atomic mass is 32.1. The van der Waals surface area contributed by atoms with Crippen molar-refractivity contribution in [3.05, 3.63) is 11.1 Å². The molecule has 1 aromatic rings. The largest absolute Gasteiger partial charge is 0.464 e. The van der Waals surface area contributed by atoms with E-state index in [9.17, 15) is 4.79 Å². The van der Waals surface area contributed by atoms with Crippen LogP contribution in [0.25, 0.3) is 0 Å². The smallest absolute Gasteiger partial charge is 0.357 e. The molecule has 0 radical (unpaired) electrons. The Morgan fingerprint density at radius 1 is 1.42 bits per heavy atom. The van der Waals surface area contributed by atoms with Crippen molar-refractivity contribution in [3.63, 3.8) is 0 Å². The average Bonchev–Trinajstić information content (AvgIpc) is 3.03. The quantitative estimate of drug-likeness (QED) is 0.771. The van der Waals surface area contributed by atoms with Gasteiger partial charge in [-0.05, 0) is 25.8 Å². The molecule has 1 unspecified atom stereocenters. The maximum Gasteiger partial charge on any atom is 0.357 e. The number of ether oxygens (including phenoxy) is 1. The first kappa shape index (κ1) is 12.9. The first-order valence-electron chi connectivity index (χ1n) is 6.81. The van der Waals surface area contributed by atoms with E-state index in [1.807, 2.05) is 0 Å². The number of methoxy groups -OCH3 is 1. The third-order valence-corrected chi connectivity index (χ3v) is 4.86. The maximum absolute atomic E-state index is 11.5. The fraction of sp³-hybridized carbons (Fsp3) is 0.692. The van der Waals surface area contributed by atoms with Gasteiger partial charge in [0.25, 0.3) is 0 Å². The van der Waals surface area contributed by atoms with E-state index in [4.69, 9.17) is 4.74 Å². The Morgan fingerprint density at radius 3 is 3.11 bits per heavy atom. The summed E-state index contributed by atoms with van der Waals surface area (Å²) in [4.78, 5) is 20.8. The Bertz CT molecular complexity index is 462. The van der Waals surface area contributed by atoms with Gasteiger partial charge in [-0.2, -0.15) is 0 Å². The van der Waals surface area contributed by atoms with Crippen LogP contribution in [0.1, 0.15) is 29.8 Å². The van der Waals surface area contributed by atoms with Crippen molar-refractivity contribution in [2.45, 2.75) is 25.3 Å². The summed E-state index contributed by atoms with van der Waals surface area (Å²) in [6, 6.07) is 0.660. The second-order valence-electron chi connectivity index (χ2n) is 5.14. The highest BCUT2D eigenvalue weighted by Crippen LogP contribution is 2.27. The van der Waals surface area contributed by atoms with Gasteiger partial charge < -0.3 is 9.64 Å². The molecule has 6 heteroatoms. The molecule has 104 valence electrons. The van der Waals surface area contributed by atoms with Gasteiger partial charge in [-0.3, -0.25) is 4.90 Å². The summed E-state index contributed by atoms with van der Waals surface area (Å²) in [5.74, 6) is -0.347. The minimum Gasteiger partial charge on any atom is -0.464 e. The Kier molecular flexibility index (Phi) is 3.70. The van der Waals surface area contributed by atoms with Crippen molar-refractivity contribution >= 4 is 22.4 Å². The summed E-state index contributed by atoms with van der Waals surface area (Å²) in [5, 5.41) is 2.74. The number of carbonyl (C=O) groups excluding carboxylic acids is 1. The minimum atomic E-state index is -0.347. The molecule has 1 aromatic heterocycles. The van der Waals surface area contributed by atoms with E-state index in [0.717, 1.165) is 18.2 Å². The number of fused-ring (bicyclic) bond motifs is 1. The third kappa shape index (κ3) is 2.60. The number of carbonyl (C=O) groups is 1. The number of nitrogens with zero attached hydrogens (tertiary/aromatic N) is 3. The van der Waals surface area contributed by atoms with E-state index < -0.39 is 0 Å². The molecule has 19 heavy (non-hydrogen) atoms. The predicted molar refractivity (Wildman–Crippen MR) is 74.9 cm³/mol. The Morgan fingerprint density at radius 2 is 2.26 bits per heavy atom. The number of anilines is 1. The second kappa shape index (κ2) is 5.46. The first-order chi connectivity index (χ1) is 9.28. The lowest BCUT2D eigenvalue weighted by atomic mass is 10.2. The molecule has 3 heterocycles. The molecule has 2 aliphatic rings. The SMILES string of the molecule is COC(=O)c1csc(N2CCCN3CCCC3C2)n1. The van der Waals surface area contributed by atoms with E-state index in [2.05, 4.69) is 14.8 Å². The van der Waals surface area contributed by atoms with Crippen LogP contribution in [0, 0.1) is 0 Å². The molecular weight excluding hydrogens is 262 g/mol. The van der Waals surface area contributed by atoms with Gasteiger partial charge in [0, 0.05) is 31.1 Å². The van der Waals surface area contributed by atoms with Crippen LogP contribution in [-0.2, 0) is 4.74 Å². The molecule has 0 aliphatic carbocycles. The van der Waals surface area contributed by atoms with Crippen molar-refractivity contribution in [2.75, 3.05) is 38.2 Å². The zero-order chi connectivity index (χ0) is 13.2. The first-order valence-corrected chi connectivity index (χ1v) is 7.69. The van der Waals surface area contributed by atoms with Crippen LogP contribution >= 0.6 is 11.3 Å². The topological polar surface area (TPSA) is 45.7 Å². The number of thiazole rings is 1. The minimum absolute atomic E-state index is 0.347. The van der Waals surface area contributed by atoms with E-state index in [1.54, 1.807) is 5.38 Å². The van der Waals surface area contributed by atoms with Crippen molar-refractivity contribution in [1.29, 1.82) is 0 Å². The summed E-state index contributed by atoms with van der Waals surface area (Å²) in [6.45, 7) is 4.50. The van der Waals surface area contributed by atoms with Crippen molar-refractivity contribution in [2.24, 2.45) is 0 Å². The normalized spacial score (nSPS) is 24.1. The van der Waals surface area contributed by atoms with Gasteiger partial charge in [0.2, 0.25) is 0 Å². The van der Waals surface area contributed by atoms with Crippen LogP contribution in [0.4, 0.5) is 5.13 Å². The zero-order valence-electron chi connectivity index (χ0n) is 11.2. The summed E-state index contributed by atoms with van der Waals surface area (Å²) < 4.78 is 4.71. The van der Waals surface area contributed by atoms with Gasteiger partial charge in [-0.1, -0.05) is 0 Å². The van der Waals surface area contributed by atoms with Gasteiger partial charge in [0.05, 0.1) is 7.11 Å². The number of hydrogen-bond donors (Lipinski definition) is 0. The highest BCUT2D eigenvalue weighted by molar-refractivity contribution is 7.13. The summed E-state index contributed by atoms with van der Waals surface area (Å²) in [5.41, 5.74) is 0.426. The number of esters is 1. The predicted octanol–water partition coefficient (Wildman–Crippen LogP) is 1.60. The summed E-state index contributed by atoms with van der Waals surface area (Å²) in [6.07, 6.45) is 3.76. The fourth-order valence-electron chi connectivity index (χ4n) is 2.99. The molecule has 0 amide bonds. The second-order valence-corrected chi connectivity index (χ2v) is 5.98. The fourth-order valence-corrected chi connectivity index (χ4v) is 3.82. The van der Waals surface area contributed by atoms with Crippen LogP contribution < -0.4 is 4.90 Å². The third-order valence-electron chi connectivity index (χ3n) is 3.96.